The van der Waals surface area contributed by atoms with Gasteiger partial charge in [0.15, 0.2) is 0 Å². The monoisotopic (exact) mass is 584 g/mol. The van der Waals surface area contributed by atoms with Gasteiger partial charge in [0.05, 0.1) is 12.2 Å². The largest absolute Gasteiger partial charge is 0.393 e. The number of hydrogen-bond acceptors (Lipinski definition) is 3. The van der Waals surface area contributed by atoms with E-state index in [0.29, 0.717) is 6.42 Å². The van der Waals surface area contributed by atoms with Crippen LogP contribution in [0.15, 0.2) is 119 Å². The molecule has 1 saturated heterocycles. The summed E-state index contributed by atoms with van der Waals surface area (Å²) in [5.74, 6) is 0. The number of fused-ring (bicyclic) bond motifs is 1. The van der Waals surface area contributed by atoms with Crippen molar-refractivity contribution in [2.75, 3.05) is 0 Å². The molecule has 0 amide bonds. The summed E-state index contributed by atoms with van der Waals surface area (Å²) in [6.07, 6.45) is 32.3. The maximum Gasteiger partial charge on any atom is 0.121 e. The number of rotatable bonds is 10. The maximum absolute atomic E-state index is 10.2. The van der Waals surface area contributed by atoms with Gasteiger partial charge in [-0.25, -0.2) is 0 Å². The first-order valence-electron chi connectivity index (χ1n) is 15.9. The molecule has 0 bridgehead atoms. The quantitative estimate of drug-likeness (QED) is 0.198. The molecule has 2 aliphatic carbocycles. The average Bonchev–Trinajstić information content (AvgIpc) is 3.49. The molecule has 2 N–H and O–H groups in total. The van der Waals surface area contributed by atoms with E-state index in [1.54, 1.807) is 0 Å². The van der Waals surface area contributed by atoms with Crippen LogP contribution in [0.1, 0.15) is 94.9 Å². The third-order valence-corrected chi connectivity index (χ3v) is 9.34. The Kier molecular flexibility index (Phi) is 11.3. The Bertz CT molecular complexity index is 1330. The molecule has 0 aromatic rings. The van der Waals surface area contributed by atoms with Crippen molar-refractivity contribution in [2.45, 2.75) is 118 Å². The molecule has 0 radical (unpaired) electrons. The normalized spacial score (nSPS) is 32.3. The summed E-state index contributed by atoms with van der Waals surface area (Å²) in [7, 11) is 0. The molecule has 3 nitrogen and oxygen atoms in total. The van der Waals surface area contributed by atoms with Gasteiger partial charge >= 0.3 is 0 Å². The van der Waals surface area contributed by atoms with Crippen molar-refractivity contribution in [2.24, 2.45) is 10.8 Å². The number of epoxide rings is 1. The minimum atomic E-state index is -0.291. The molecule has 3 aliphatic rings. The van der Waals surface area contributed by atoms with E-state index in [0.717, 1.165) is 19.3 Å². The first-order valence-corrected chi connectivity index (χ1v) is 15.9. The summed E-state index contributed by atoms with van der Waals surface area (Å²) in [6, 6.07) is 0. The van der Waals surface area contributed by atoms with Crippen LogP contribution >= 0.6 is 0 Å². The topological polar surface area (TPSA) is 53.0 Å². The van der Waals surface area contributed by atoms with E-state index in [-0.39, 0.29) is 34.2 Å². The SMILES string of the molecule is CC(C=CC=C(C)C=CC1=C(C)CC(O)CC1(C)C)=CC=CC=C(C)C=CC=C(C)C=C[C@]12O[C@@]1(C)CC(O)CC2(C)C. The Labute approximate surface area is 262 Å². The lowest BCUT2D eigenvalue weighted by Crippen LogP contribution is -2.46. The zero-order valence-electron chi connectivity index (χ0n) is 28.4. The molecular formula is C40H56O3. The predicted octanol–water partition coefficient (Wildman–Crippen LogP) is 9.76. The second kappa shape index (κ2) is 13.9. The Morgan fingerprint density at radius 3 is 1.72 bits per heavy atom. The van der Waals surface area contributed by atoms with Gasteiger partial charge in [0.25, 0.3) is 0 Å². The Morgan fingerprint density at radius 2 is 1.19 bits per heavy atom. The number of aliphatic hydroxyl groups is 2. The lowest BCUT2D eigenvalue weighted by atomic mass is 9.63. The van der Waals surface area contributed by atoms with Crippen LogP contribution < -0.4 is 0 Å². The Hall–Kier alpha value is -2.72. The fourth-order valence-electron chi connectivity index (χ4n) is 7.06. The average molecular weight is 585 g/mol. The van der Waals surface area contributed by atoms with Gasteiger partial charge in [-0.1, -0.05) is 135 Å². The number of aliphatic hydroxyl groups excluding tert-OH is 2. The summed E-state index contributed by atoms with van der Waals surface area (Å²) in [5.41, 5.74) is 6.71. The van der Waals surface area contributed by atoms with Gasteiger partial charge in [-0.15, -0.1) is 0 Å². The summed E-state index contributed by atoms with van der Waals surface area (Å²) in [4.78, 5) is 0. The van der Waals surface area contributed by atoms with Crippen molar-refractivity contribution in [1.29, 1.82) is 0 Å². The zero-order valence-corrected chi connectivity index (χ0v) is 28.4. The van der Waals surface area contributed by atoms with Crippen molar-refractivity contribution in [1.82, 2.24) is 0 Å². The summed E-state index contributed by atoms with van der Waals surface area (Å²) >= 11 is 0. The molecule has 0 aromatic carbocycles. The van der Waals surface area contributed by atoms with Gasteiger partial charge < -0.3 is 14.9 Å². The molecule has 0 spiro atoms. The van der Waals surface area contributed by atoms with Crippen molar-refractivity contribution in [3.63, 3.8) is 0 Å². The van der Waals surface area contributed by atoms with E-state index in [2.05, 4.69) is 154 Å². The van der Waals surface area contributed by atoms with Crippen LogP contribution in [0.3, 0.4) is 0 Å². The van der Waals surface area contributed by atoms with Gasteiger partial charge in [0.2, 0.25) is 0 Å². The highest BCUT2D eigenvalue weighted by Gasteiger charge is 2.74. The zero-order chi connectivity index (χ0) is 32.1. The third-order valence-electron chi connectivity index (χ3n) is 9.34. The van der Waals surface area contributed by atoms with Gasteiger partial charge in [0, 0.05) is 11.8 Å². The number of ether oxygens (including phenoxy) is 1. The summed E-state index contributed by atoms with van der Waals surface area (Å²) < 4.78 is 6.25. The summed E-state index contributed by atoms with van der Waals surface area (Å²) in [5, 5.41) is 20.4. The molecule has 1 saturated carbocycles. The molecule has 1 heterocycles. The molecule has 0 aromatic heterocycles. The smallest absolute Gasteiger partial charge is 0.121 e. The van der Waals surface area contributed by atoms with Gasteiger partial charge in [-0.3, -0.25) is 0 Å². The maximum atomic E-state index is 10.2. The number of allylic oxidation sites excluding steroid dienone is 18. The first-order chi connectivity index (χ1) is 20.0. The molecule has 234 valence electrons. The standard InChI is InChI=1S/C40H56O3/c1-29(17-13-19-31(3)21-22-36-33(5)25-34(41)26-37(36,6)7)15-11-12-16-30(2)18-14-20-32(4)23-24-40-38(8,9)27-35(42)28-39(40,10)43-40/h11-24,34-35,41-42H,25-28H2,1-10H3/t34?,35?,39-,40+/m0/s1. The molecular weight excluding hydrogens is 528 g/mol. The molecule has 4 atom stereocenters. The van der Waals surface area contributed by atoms with Gasteiger partial charge in [-0.05, 0) is 77.9 Å². The van der Waals surface area contributed by atoms with Crippen LogP contribution in [0, 0.1) is 10.8 Å². The van der Waals surface area contributed by atoms with Crippen molar-refractivity contribution in [3.05, 3.63) is 119 Å². The summed E-state index contributed by atoms with van der Waals surface area (Å²) in [6.45, 7) is 21.5. The molecule has 3 heteroatoms. The highest BCUT2D eigenvalue weighted by molar-refractivity contribution is 5.39. The predicted molar refractivity (Wildman–Crippen MR) is 184 cm³/mol. The fraction of sp³-hybridized carbons (Fsp3) is 0.500. The van der Waals surface area contributed by atoms with E-state index < -0.39 is 0 Å². The second-order valence-electron chi connectivity index (χ2n) is 14.6. The van der Waals surface area contributed by atoms with Crippen LogP contribution in [0.4, 0.5) is 0 Å². The highest BCUT2D eigenvalue weighted by Crippen LogP contribution is 2.66. The lowest BCUT2D eigenvalue weighted by molar-refractivity contribution is 0.0515. The Morgan fingerprint density at radius 1 is 0.674 bits per heavy atom. The molecule has 1 aliphatic heterocycles. The molecule has 43 heavy (non-hydrogen) atoms. The molecule has 3 rings (SSSR count). The van der Waals surface area contributed by atoms with Crippen LogP contribution in [-0.2, 0) is 4.74 Å². The van der Waals surface area contributed by atoms with E-state index in [9.17, 15) is 10.2 Å². The molecule has 2 unspecified atom stereocenters. The van der Waals surface area contributed by atoms with Crippen LogP contribution in [0.25, 0.3) is 0 Å². The lowest BCUT2D eigenvalue weighted by Gasteiger charge is -2.39. The van der Waals surface area contributed by atoms with E-state index in [4.69, 9.17) is 4.74 Å². The van der Waals surface area contributed by atoms with Crippen LogP contribution in [0.5, 0.6) is 0 Å². The van der Waals surface area contributed by atoms with Crippen LogP contribution in [0.2, 0.25) is 0 Å². The van der Waals surface area contributed by atoms with Crippen molar-refractivity contribution >= 4 is 0 Å². The first kappa shape index (κ1) is 34.8. The second-order valence-corrected chi connectivity index (χ2v) is 14.6. The highest BCUT2D eigenvalue weighted by atomic mass is 16.6. The van der Waals surface area contributed by atoms with Gasteiger partial charge in [-0.2, -0.15) is 0 Å². The minimum absolute atomic E-state index is 0.00262. The van der Waals surface area contributed by atoms with E-state index >= 15 is 0 Å². The van der Waals surface area contributed by atoms with Crippen LogP contribution in [-0.4, -0.2) is 33.6 Å². The number of hydrogen-bond donors (Lipinski definition) is 2. The van der Waals surface area contributed by atoms with Crippen molar-refractivity contribution < 1.29 is 14.9 Å². The third kappa shape index (κ3) is 8.91. The molecule has 2 fully saturated rings. The minimum Gasteiger partial charge on any atom is -0.393 e. The Balaban J connectivity index is 1.50. The van der Waals surface area contributed by atoms with Gasteiger partial charge in [0.1, 0.15) is 11.2 Å². The van der Waals surface area contributed by atoms with E-state index in [1.165, 1.54) is 33.4 Å². The van der Waals surface area contributed by atoms with E-state index in [1.807, 2.05) is 0 Å². The van der Waals surface area contributed by atoms with Crippen molar-refractivity contribution in [3.8, 4) is 0 Å². The fourth-order valence-corrected chi connectivity index (χ4v) is 7.06.